The molecule has 2 heteroatoms. The lowest BCUT2D eigenvalue weighted by Crippen LogP contribution is -2.10. The van der Waals surface area contributed by atoms with Gasteiger partial charge in [-0.3, -0.25) is 4.79 Å². The molecule has 0 aromatic heterocycles. The third-order valence-electron chi connectivity index (χ3n) is 2.51. The van der Waals surface area contributed by atoms with Crippen LogP contribution in [0.3, 0.4) is 0 Å². The SMILES string of the molecule is CCCC=CC(CCCCCC)C(=O)O. The van der Waals surface area contributed by atoms with Gasteiger partial charge in [-0.05, 0) is 12.8 Å². The van der Waals surface area contributed by atoms with Crippen LogP contribution in [0.2, 0.25) is 0 Å². The summed E-state index contributed by atoms with van der Waals surface area (Å²) in [4.78, 5) is 10.9. The third kappa shape index (κ3) is 8.22. The predicted molar refractivity (Wildman–Crippen MR) is 63.9 cm³/mol. The zero-order valence-corrected chi connectivity index (χ0v) is 10.0. The van der Waals surface area contributed by atoms with E-state index in [0.717, 1.165) is 32.1 Å². The molecule has 0 bridgehead atoms. The molecule has 0 fully saturated rings. The van der Waals surface area contributed by atoms with Gasteiger partial charge in [0.2, 0.25) is 0 Å². The molecule has 0 saturated carbocycles. The molecule has 0 aliphatic heterocycles. The molecule has 0 radical (unpaired) electrons. The molecule has 1 N–H and O–H groups in total. The number of hydrogen-bond acceptors (Lipinski definition) is 1. The lowest BCUT2D eigenvalue weighted by atomic mass is 10.00. The van der Waals surface area contributed by atoms with E-state index >= 15 is 0 Å². The summed E-state index contributed by atoms with van der Waals surface area (Å²) in [6.07, 6.45) is 11.3. The van der Waals surface area contributed by atoms with E-state index in [4.69, 9.17) is 5.11 Å². The highest BCUT2D eigenvalue weighted by molar-refractivity contribution is 5.72. The van der Waals surface area contributed by atoms with Gasteiger partial charge in [-0.1, -0.05) is 58.1 Å². The van der Waals surface area contributed by atoms with E-state index < -0.39 is 5.97 Å². The second-order valence-corrected chi connectivity index (χ2v) is 4.01. The van der Waals surface area contributed by atoms with E-state index in [1.165, 1.54) is 12.8 Å². The molecule has 0 aliphatic rings. The highest BCUT2D eigenvalue weighted by atomic mass is 16.4. The molecule has 1 unspecified atom stereocenters. The van der Waals surface area contributed by atoms with Crippen molar-refractivity contribution in [1.29, 1.82) is 0 Å². The number of hydrogen-bond donors (Lipinski definition) is 1. The summed E-state index contributed by atoms with van der Waals surface area (Å²) in [6.45, 7) is 4.26. The maximum atomic E-state index is 10.9. The molecule has 0 heterocycles. The normalized spacial score (nSPS) is 13.2. The average molecular weight is 212 g/mol. The zero-order chi connectivity index (χ0) is 11.5. The van der Waals surface area contributed by atoms with Gasteiger partial charge in [0.25, 0.3) is 0 Å². The molecule has 1 atom stereocenters. The molecule has 15 heavy (non-hydrogen) atoms. The number of aliphatic carboxylic acids is 1. The summed E-state index contributed by atoms with van der Waals surface area (Å²) >= 11 is 0. The van der Waals surface area contributed by atoms with Crippen LogP contribution >= 0.6 is 0 Å². The first-order valence-corrected chi connectivity index (χ1v) is 6.11. The van der Waals surface area contributed by atoms with Gasteiger partial charge in [0.1, 0.15) is 0 Å². The minimum Gasteiger partial charge on any atom is -0.481 e. The van der Waals surface area contributed by atoms with E-state index in [1.54, 1.807) is 0 Å². The molecular weight excluding hydrogens is 188 g/mol. The fourth-order valence-electron chi connectivity index (χ4n) is 1.52. The van der Waals surface area contributed by atoms with Crippen LogP contribution in [0.15, 0.2) is 12.2 Å². The van der Waals surface area contributed by atoms with Crippen molar-refractivity contribution < 1.29 is 9.90 Å². The monoisotopic (exact) mass is 212 g/mol. The summed E-state index contributed by atoms with van der Waals surface area (Å²) < 4.78 is 0. The smallest absolute Gasteiger partial charge is 0.310 e. The maximum Gasteiger partial charge on any atom is 0.310 e. The van der Waals surface area contributed by atoms with E-state index in [0.29, 0.717) is 0 Å². The molecule has 88 valence electrons. The van der Waals surface area contributed by atoms with Crippen LogP contribution in [0.1, 0.15) is 58.8 Å². The first-order valence-electron chi connectivity index (χ1n) is 6.11. The predicted octanol–water partition coefficient (Wildman–Crippen LogP) is 4.01. The Bertz CT molecular complexity index is 185. The summed E-state index contributed by atoms with van der Waals surface area (Å²) in [5.74, 6) is -0.952. The fraction of sp³-hybridized carbons (Fsp3) is 0.769. The molecule has 0 rings (SSSR count). The Balaban J connectivity index is 3.78. The number of rotatable bonds is 9. The zero-order valence-electron chi connectivity index (χ0n) is 10.0. The maximum absolute atomic E-state index is 10.9. The van der Waals surface area contributed by atoms with E-state index in [-0.39, 0.29) is 5.92 Å². The van der Waals surface area contributed by atoms with Crippen molar-refractivity contribution in [3.05, 3.63) is 12.2 Å². The third-order valence-corrected chi connectivity index (χ3v) is 2.51. The lowest BCUT2D eigenvalue weighted by Gasteiger charge is -2.06. The Kier molecular flexibility index (Phi) is 9.24. The Morgan fingerprint density at radius 3 is 2.47 bits per heavy atom. The summed E-state index contributed by atoms with van der Waals surface area (Å²) in [5.41, 5.74) is 0. The number of carboxylic acid groups (broad SMARTS) is 1. The number of allylic oxidation sites excluding steroid dienone is 1. The van der Waals surface area contributed by atoms with Crippen LogP contribution in [-0.2, 0) is 4.79 Å². The molecule has 0 aliphatic carbocycles. The van der Waals surface area contributed by atoms with E-state index in [1.807, 2.05) is 12.2 Å². The van der Waals surface area contributed by atoms with Crippen molar-refractivity contribution in [3.8, 4) is 0 Å². The Labute approximate surface area is 93.4 Å². The van der Waals surface area contributed by atoms with Crippen LogP contribution in [-0.4, -0.2) is 11.1 Å². The quantitative estimate of drug-likeness (QED) is 0.463. The molecule has 0 amide bonds. The van der Waals surface area contributed by atoms with Gasteiger partial charge in [-0.25, -0.2) is 0 Å². The molecule has 0 aromatic carbocycles. The van der Waals surface area contributed by atoms with Gasteiger partial charge in [-0.2, -0.15) is 0 Å². The summed E-state index contributed by atoms with van der Waals surface area (Å²) in [7, 11) is 0. The first-order chi connectivity index (χ1) is 7.22. The van der Waals surface area contributed by atoms with Crippen molar-refractivity contribution >= 4 is 5.97 Å². The minimum atomic E-state index is -0.682. The van der Waals surface area contributed by atoms with Gasteiger partial charge in [0.15, 0.2) is 0 Å². The van der Waals surface area contributed by atoms with Gasteiger partial charge < -0.3 is 5.11 Å². The second-order valence-electron chi connectivity index (χ2n) is 4.01. The van der Waals surface area contributed by atoms with Crippen LogP contribution in [0.5, 0.6) is 0 Å². The highest BCUT2D eigenvalue weighted by Crippen LogP contribution is 2.13. The highest BCUT2D eigenvalue weighted by Gasteiger charge is 2.12. The number of carbonyl (C=O) groups is 1. The van der Waals surface area contributed by atoms with Crippen LogP contribution in [0, 0.1) is 5.92 Å². The standard InChI is InChI=1S/C13H24O2/c1-3-5-7-9-11-12(13(14)15)10-8-6-4-2/h8,10,12H,3-7,9,11H2,1-2H3,(H,14,15). The summed E-state index contributed by atoms with van der Waals surface area (Å²) in [5, 5.41) is 8.98. The fourth-order valence-corrected chi connectivity index (χ4v) is 1.52. The van der Waals surface area contributed by atoms with Crippen LogP contribution < -0.4 is 0 Å². The van der Waals surface area contributed by atoms with Crippen molar-refractivity contribution in [3.63, 3.8) is 0 Å². The Hall–Kier alpha value is -0.790. The van der Waals surface area contributed by atoms with Gasteiger partial charge in [0.05, 0.1) is 5.92 Å². The minimum absolute atomic E-state index is 0.270. The largest absolute Gasteiger partial charge is 0.481 e. The lowest BCUT2D eigenvalue weighted by molar-refractivity contribution is -0.140. The Morgan fingerprint density at radius 2 is 1.93 bits per heavy atom. The first kappa shape index (κ1) is 14.2. The van der Waals surface area contributed by atoms with Crippen molar-refractivity contribution in [2.45, 2.75) is 58.8 Å². The summed E-state index contributed by atoms with van der Waals surface area (Å²) in [6, 6.07) is 0. The average Bonchev–Trinajstić information content (AvgIpc) is 2.21. The molecule has 0 aromatic rings. The van der Waals surface area contributed by atoms with E-state index in [9.17, 15) is 4.79 Å². The van der Waals surface area contributed by atoms with Crippen LogP contribution in [0.25, 0.3) is 0 Å². The van der Waals surface area contributed by atoms with Gasteiger partial charge in [0, 0.05) is 0 Å². The van der Waals surface area contributed by atoms with E-state index in [2.05, 4.69) is 13.8 Å². The number of carboxylic acids is 1. The number of unbranched alkanes of at least 4 members (excludes halogenated alkanes) is 4. The van der Waals surface area contributed by atoms with Gasteiger partial charge >= 0.3 is 5.97 Å². The molecule has 0 saturated heterocycles. The van der Waals surface area contributed by atoms with Crippen molar-refractivity contribution in [2.75, 3.05) is 0 Å². The second kappa shape index (κ2) is 9.75. The molecular formula is C13H24O2. The molecule has 0 spiro atoms. The van der Waals surface area contributed by atoms with Gasteiger partial charge in [-0.15, -0.1) is 0 Å². The topological polar surface area (TPSA) is 37.3 Å². The Morgan fingerprint density at radius 1 is 1.20 bits per heavy atom. The van der Waals surface area contributed by atoms with Crippen molar-refractivity contribution in [2.24, 2.45) is 5.92 Å². The van der Waals surface area contributed by atoms with Crippen molar-refractivity contribution in [1.82, 2.24) is 0 Å². The molecule has 2 nitrogen and oxygen atoms in total. The van der Waals surface area contributed by atoms with Crippen LogP contribution in [0.4, 0.5) is 0 Å².